The maximum atomic E-state index is 13.3. The van der Waals surface area contributed by atoms with Crippen LogP contribution in [0.2, 0.25) is 0 Å². The van der Waals surface area contributed by atoms with E-state index in [0.717, 1.165) is 5.01 Å². The highest BCUT2D eigenvalue weighted by Gasteiger charge is 2.61. The molecule has 3 nitrogen and oxygen atoms in total. The highest BCUT2D eigenvalue weighted by Crippen LogP contribution is 2.39. The molecule has 0 aromatic carbocycles. The summed E-state index contributed by atoms with van der Waals surface area (Å²) in [6, 6.07) is 0. The van der Waals surface area contributed by atoms with Gasteiger partial charge in [0.2, 0.25) is 5.56 Å². The number of ether oxygens (including phenoxy) is 1. The fourth-order valence-electron chi connectivity index (χ4n) is 1.17. The Balaban J connectivity index is 2.60. The standard InChI is InChI=1S/C8H12ClF5N2O/c1-6(2,3)16-5(15-16)8(13,14)17-4(9)7(10,11)12/h4-5,15H,1-3H3. The Hall–Kier alpha value is -0.180. The minimum absolute atomic E-state index is 0.655. The van der Waals surface area contributed by atoms with Crippen molar-refractivity contribution in [1.82, 2.24) is 10.4 Å². The van der Waals surface area contributed by atoms with Crippen LogP contribution in [0.3, 0.4) is 0 Å². The van der Waals surface area contributed by atoms with E-state index in [9.17, 15) is 22.0 Å². The minimum atomic E-state index is -5.04. The molecule has 0 bridgehead atoms. The van der Waals surface area contributed by atoms with Gasteiger partial charge >= 0.3 is 12.3 Å². The summed E-state index contributed by atoms with van der Waals surface area (Å²) >= 11 is 4.70. The van der Waals surface area contributed by atoms with Gasteiger partial charge in [0.25, 0.3) is 0 Å². The lowest BCUT2D eigenvalue weighted by molar-refractivity contribution is -0.307. The van der Waals surface area contributed by atoms with Crippen LogP contribution in [0.5, 0.6) is 0 Å². The van der Waals surface area contributed by atoms with E-state index in [1.165, 1.54) is 0 Å². The van der Waals surface area contributed by atoms with E-state index in [0.29, 0.717) is 0 Å². The van der Waals surface area contributed by atoms with Crippen molar-refractivity contribution in [1.29, 1.82) is 0 Å². The van der Waals surface area contributed by atoms with Crippen LogP contribution in [0.15, 0.2) is 0 Å². The second-order valence-corrected chi connectivity index (χ2v) is 5.01. The molecule has 1 rings (SSSR count). The second kappa shape index (κ2) is 4.18. The summed E-state index contributed by atoms with van der Waals surface area (Å²) in [4.78, 5) is 0. The second-order valence-electron chi connectivity index (χ2n) is 4.61. The molecule has 0 aliphatic carbocycles. The lowest BCUT2D eigenvalue weighted by atomic mass is 10.1. The highest BCUT2D eigenvalue weighted by molar-refractivity contribution is 6.20. The molecule has 0 aromatic rings. The van der Waals surface area contributed by atoms with Gasteiger partial charge in [0.15, 0.2) is 6.17 Å². The zero-order valence-electron chi connectivity index (χ0n) is 9.28. The molecule has 0 saturated carbocycles. The van der Waals surface area contributed by atoms with Gasteiger partial charge in [-0.3, -0.25) is 4.74 Å². The molecule has 3 unspecified atom stereocenters. The first-order chi connectivity index (χ1) is 7.36. The number of rotatable bonds is 3. The Kier molecular flexibility index (Phi) is 3.66. The van der Waals surface area contributed by atoms with Crippen molar-refractivity contribution >= 4 is 11.6 Å². The van der Waals surface area contributed by atoms with Crippen LogP contribution in [-0.2, 0) is 4.74 Å². The maximum Gasteiger partial charge on any atom is 0.428 e. The van der Waals surface area contributed by atoms with Crippen molar-refractivity contribution in [2.75, 3.05) is 0 Å². The van der Waals surface area contributed by atoms with Crippen LogP contribution in [-0.4, -0.2) is 34.6 Å². The van der Waals surface area contributed by atoms with Crippen molar-refractivity contribution in [3.63, 3.8) is 0 Å². The third kappa shape index (κ3) is 3.64. The number of nitrogens with zero attached hydrogens (tertiary/aromatic N) is 1. The number of nitrogens with one attached hydrogen (secondary N) is 1. The van der Waals surface area contributed by atoms with E-state index in [4.69, 9.17) is 11.6 Å². The van der Waals surface area contributed by atoms with Crippen LogP contribution in [0.25, 0.3) is 0 Å². The molecule has 1 saturated heterocycles. The fourth-order valence-corrected chi connectivity index (χ4v) is 1.29. The van der Waals surface area contributed by atoms with Crippen molar-refractivity contribution < 1.29 is 26.7 Å². The van der Waals surface area contributed by atoms with Gasteiger partial charge in [0, 0.05) is 5.54 Å². The van der Waals surface area contributed by atoms with E-state index in [1.807, 2.05) is 0 Å². The lowest BCUT2D eigenvalue weighted by Gasteiger charge is -2.24. The van der Waals surface area contributed by atoms with Gasteiger partial charge < -0.3 is 0 Å². The molecule has 9 heteroatoms. The number of halogens is 6. The van der Waals surface area contributed by atoms with Gasteiger partial charge in [-0.15, -0.1) is 0 Å². The molecule has 17 heavy (non-hydrogen) atoms. The summed E-state index contributed by atoms with van der Waals surface area (Å²) in [6.07, 6.45) is -10.7. The zero-order chi connectivity index (χ0) is 13.6. The van der Waals surface area contributed by atoms with Crippen LogP contribution < -0.4 is 5.43 Å². The van der Waals surface area contributed by atoms with Crippen molar-refractivity contribution in [2.45, 2.75) is 50.3 Å². The van der Waals surface area contributed by atoms with E-state index in [1.54, 1.807) is 20.8 Å². The van der Waals surface area contributed by atoms with E-state index in [2.05, 4.69) is 10.2 Å². The molecule has 0 amide bonds. The van der Waals surface area contributed by atoms with Gasteiger partial charge in [0.05, 0.1) is 0 Å². The molecule has 1 heterocycles. The van der Waals surface area contributed by atoms with E-state index in [-0.39, 0.29) is 0 Å². The summed E-state index contributed by atoms with van der Waals surface area (Å²) in [7, 11) is 0. The SMILES string of the molecule is CC(C)(C)N1NC1C(F)(F)OC(Cl)C(F)(F)F. The summed E-state index contributed by atoms with van der Waals surface area (Å²) in [5, 5.41) is 1.09. The Bertz CT molecular complexity index is 291. The molecule has 0 radical (unpaired) electrons. The molecule has 1 N–H and O–H groups in total. The summed E-state index contributed by atoms with van der Waals surface area (Å²) < 4.78 is 66.0. The van der Waals surface area contributed by atoms with Crippen molar-refractivity contribution in [3.05, 3.63) is 0 Å². The largest absolute Gasteiger partial charge is 0.428 e. The van der Waals surface area contributed by atoms with Gasteiger partial charge in [-0.25, -0.2) is 10.4 Å². The highest BCUT2D eigenvalue weighted by atomic mass is 35.5. The lowest BCUT2D eigenvalue weighted by Crippen LogP contribution is -2.41. The van der Waals surface area contributed by atoms with Gasteiger partial charge in [-0.05, 0) is 20.8 Å². The third-order valence-electron chi connectivity index (χ3n) is 2.01. The normalized spacial score (nSPS) is 28.1. The number of hydrogen-bond donors (Lipinski definition) is 1. The first kappa shape index (κ1) is 14.9. The quantitative estimate of drug-likeness (QED) is 0.491. The molecular formula is C8H12ClF5N2O. The molecule has 3 atom stereocenters. The first-order valence-corrected chi connectivity index (χ1v) is 5.11. The van der Waals surface area contributed by atoms with E-state index < -0.39 is 29.6 Å². The average Bonchev–Trinajstić information content (AvgIpc) is 2.77. The van der Waals surface area contributed by atoms with Crippen LogP contribution in [0.1, 0.15) is 20.8 Å². The van der Waals surface area contributed by atoms with Gasteiger partial charge in [-0.1, -0.05) is 11.6 Å². The monoisotopic (exact) mass is 282 g/mol. The van der Waals surface area contributed by atoms with Crippen LogP contribution in [0, 0.1) is 0 Å². The predicted molar refractivity (Wildman–Crippen MR) is 50.2 cm³/mol. The fraction of sp³-hybridized carbons (Fsp3) is 1.00. The number of hydrazine groups is 1. The minimum Gasteiger partial charge on any atom is -0.289 e. The number of hydrogen-bond acceptors (Lipinski definition) is 3. The molecule has 1 fully saturated rings. The van der Waals surface area contributed by atoms with Crippen LogP contribution in [0.4, 0.5) is 22.0 Å². The molecule has 1 aliphatic rings. The summed E-state index contributed by atoms with van der Waals surface area (Å²) in [5.74, 6) is 0. The summed E-state index contributed by atoms with van der Waals surface area (Å²) in [5.41, 5.74) is -1.46. The average molecular weight is 283 g/mol. The van der Waals surface area contributed by atoms with Crippen molar-refractivity contribution in [2.24, 2.45) is 0 Å². The Labute approximate surface area is 99.8 Å². The van der Waals surface area contributed by atoms with Crippen LogP contribution >= 0.6 is 11.6 Å². The number of alkyl halides is 6. The van der Waals surface area contributed by atoms with Gasteiger partial charge in [-0.2, -0.15) is 22.0 Å². The first-order valence-electron chi connectivity index (χ1n) is 4.67. The molecule has 1 aliphatic heterocycles. The molecule has 102 valence electrons. The third-order valence-corrected chi connectivity index (χ3v) is 2.35. The Morgan fingerprint density at radius 2 is 1.65 bits per heavy atom. The molecule has 0 aromatic heterocycles. The zero-order valence-corrected chi connectivity index (χ0v) is 10.0. The predicted octanol–water partition coefficient (Wildman–Crippen LogP) is 2.67. The molecule has 0 spiro atoms. The van der Waals surface area contributed by atoms with Gasteiger partial charge in [0.1, 0.15) is 0 Å². The summed E-state index contributed by atoms with van der Waals surface area (Å²) in [6.45, 7) is 4.87. The Morgan fingerprint density at radius 1 is 1.18 bits per heavy atom. The maximum absolute atomic E-state index is 13.3. The smallest absolute Gasteiger partial charge is 0.289 e. The van der Waals surface area contributed by atoms with E-state index >= 15 is 0 Å². The molecular weight excluding hydrogens is 271 g/mol. The Morgan fingerprint density at radius 3 is 1.94 bits per heavy atom. The topological polar surface area (TPSA) is 34.2 Å². The van der Waals surface area contributed by atoms with Crippen molar-refractivity contribution in [3.8, 4) is 0 Å².